The van der Waals surface area contributed by atoms with Crippen molar-refractivity contribution in [2.45, 2.75) is 19.1 Å². The maximum absolute atomic E-state index is 6.39. The van der Waals surface area contributed by atoms with Crippen molar-refractivity contribution >= 4 is 56.3 Å². The second-order valence-electron chi connectivity index (χ2n) is 4.29. The van der Waals surface area contributed by atoms with Crippen molar-refractivity contribution in [1.29, 1.82) is 0 Å². The third kappa shape index (κ3) is 2.86. The van der Waals surface area contributed by atoms with Crippen LogP contribution >= 0.6 is 46.0 Å². The molecule has 3 aromatic heterocycles. The van der Waals surface area contributed by atoms with Gasteiger partial charge < -0.3 is 0 Å². The molecule has 0 amide bonds. The first-order chi connectivity index (χ1) is 9.79. The third-order valence-electron chi connectivity index (χ3n) is 2.80. The van der Waals surface area contributed by atoms with E-state index >= 15 is 0 Å². The second-order valence-corrected chi connectivity index (χ2v) is 7.56. The topological polar surface area (TPSA) is 25.8 Å². The van der Waals surface area contributed by atoms with E-state index in [0.717, 1.165) is 33.1 Å². The highest BCUT2D eigenvalue weighted by Crippen LogP contribution is 2.38. The summed E-state index contributed by atoms with van der Waals surface area (Å²) >= 11 is 11.6. The Balaban J connectivity index is 1.98. The molecule has 0 fully saturated rings. The molecule has 3 aromatic rings. The number of fused-ring (bicyclic) bond motifs is 1. The molecule has 0 spiro atoms. The molecule has 0 saturated carbocycles. The molecule has 104 valence electrons. The summed E-state index contributed by atoms with van der Waals surface area (Å²) in [6.07, 6.45) is 1.17. The number of hydrogen-bond acceptors (Lipinski definition) is 5. The molecule has 0 aromatic carbocycles. The predicted molar refractivity (Wildman–Crippen MR) is 92.2 cm³/mol. The summed E-state index contributed by atoms with van der Waals surface area (Å²) in [5.41, 5.74) is 1.15. The van der Waals surface area contributed by atoms with Crippen molar-refractivity contribution < 1.29 is 0 Å². The standard InChI is InChI=1S/C14H13ClN2S3/c1-2-5-18-8-11-16-13(15)12-9(7-20-14(12)17-11)10-4-3-6-19-10/h3-4,6-7H,2,5,8H2,1H3. The van der Waals surface area contributed by atoms with Crippen LogP contribution in [0.1, 0.15) is 19.2 Å². The van der Waals surface area contributed by atoms with Gasteiger partial charge in [0.05, 0.1) is 11.1 Å². The fourth-order valence-corrected chi connectivity index (χ4v) is 4.80. The van der Waals surface area contributed by atoms with Crippen LogP contribution in [-0.4, -0.2) is 15.7 Å². The molecule has 3 rings (SSSR count). The van der Waals surface area contributed by atoms with Crippen molar-refractivity contribution in [3.63, 3.8) is 0 Å². The number of nitrogens with zero attached hydrogens (tertiary/aromatic N) is 2. The first kappa shape index (κ1) is 14.3. The Bertz CT molecular complexity index is 707. The summed E-state index contributed by atoms with van der Waals surface area (Å²) in [5.74, 6) is 2.79. The van der Waals surface area contributed by atoms with Crippen LogP contribution < -0.4 is 0 Å². The van der Waals surface area contributed by atoms with Gasteiger partial charge in [-0.1, -0.05) is 24.6 Å². The van der Waals surface area contributed by atoms with E-state index in [1.807, 2.05) is 17.8 Å². The number of rotatable bonds is 5. The van der Waals surface area contributed by atoms with E-state index in [-0.39, 0.29) is 0 Å². The highest BCUT2D eigenvalue weighted by atomic mass is 35.5. The van der Waals surface area contributed by atoms with Gasteiger partial charge in [0.1, 0.15) is 15.8 Å². The number of thioether (sulfide) groups is 1. The minimum absolute atomic E-state index is 0.576. The van der Waals surface area contributed by atoms with E-state index in [9.17, 15) is 0 Å². The fourth-order valence-electron chi connectivity index (χ4n) is 1.93. The van der Waals surface area contributed by atoms with Gasteiger partial charge in [0.2, 0.25) is 0 Å². The molecule has 0 saturated heterocycles. The lowest BCUT2D eigenvalue weighted by Gasteiger charge is -2.02. The maximum Gasteiger partial charge on any atom is 0.142 e. The van der Waals surface area contributed by atoms with Crippen LogP contribution in [-0.2, 0) is 5.75 Å². The zero-order chi connectivity index (χ0) is 13.9. The molecule has 0 N–H and O–H groups in total. The van der Waals surface area contributed by atoms with Gasteiger partial charge in [-0.3, -0.25) is 0 Å². The Morgan fingerprint density at radius 1 is 1.30 bits per heavy atom. The van der Waals surface area contributed by atoms with Crippen molar-refractivity contribution in [1.82, 2.24) is 9.97 Å². The van der Waals surface area contributed by atoms with Crippen LogP contribution in [0.2, 0.25) is 5.15 Å². The number of thiophene rings is 2. The lowest BCUT2D eigenvalue weighted by atomic mass is 10.2. The average molecular weight is 341 g/mol. The van der Waals surface area contributed by atoms with Crippen LogP contribution in [0.4, 0.5) is 0 Å². The van der Waals surface area contributed by atoms with E-state index in [1.54, 1.807) is 22.7 Å². The molecule has 0 bridgehead atoms. The summed E-state index contributed by atoms with van der Waals surface area (Å²) < 4.78 is 0. The largest absolute Gasteiger partial charge is 0.221 e. The molecule has 0 radical (unpaired) electrons. The first-order valence-corrected chi connectivity index (χ1v) is 9.64. The van der Waals surface area contributed by atoms with Crippen LogP contribution in [0.3, 0.4) is 0 Å². The maximum atomic E-state index is 6.39. The van der Waals surface area contributed by atoms with Gasteiger partial charge >= 0.3 is 0 Å². The Kier molecular flexibility index (Phi) is 4.61. The predicted octanol–water partition coefficient (Wildman–Crippen LogP) is 5.72. The summed E-state index contributed by atoms with van der Waals surface area (Å²) in [6.45, 7) is 2.18. The lowest BCUT2D eigenvalue weighted by molar-refractivity contribution is 1.06. The van der Waals surface area contributed by atoms with Gasteiger partial charge in [0.25, 0.3) is 0 Å². The Labute approximate surface area is 135 Å². The van der Waals surface area contributed by atoms with Crippen molar-refractivity contribution in [2.24, 2.45) is 0 Å². The molecule has 20 heavy (non-hydrogen) atoms. The second kappa shape index (κ2) is 6.43. The van der Waals surface area contributed by atoms with Gasteiger partial charge in [0.15, 0.2) is 0 Å². The average Bonchev–Trinajstić information content (AvgIpc) is 3.07. The van der Waals surface area contributed by atoms with E-state index in [1.165, 1.54) is 11.3 Å². The van der Waals surface area contributed by atoms with Gasteiger partial charge in [0, 0.05) is 15.8 Å². The molecule has 0 atom stereocenters. The minimum atomic E-state index is 0.576. The normalized spacial score (nSPS) is 11.3. The molecular weight excluding hydrogens is 328 g/mol. The Morgan fingerprint density at radius 3 is 2.95 bits per heavy atom. The van der Waals surface area contributed by atoms with Crippen molar-refractivity contribution in [3.8, 4) is 10.4 Å². The van der Waals surface area contributed by atoms with Crippen LogP contribution in [0.5, 0.6) is 0 Å². The Morgan fingerprint density at radius 2 is 2.20 bits per heavy atom. The summed E-state index contributed by atoms with van der Waals surface area (Å²) in [5, 5.41) is 5.76. The molecule has 2 nitrogen and oxygen atoms in total. The smallest absolute Gasteiger partial charge is 0.142 e. The molecule has 3 heterocycles. The highest BCUT2D eigenvalue weighted by molar-refractivity contribution is 7.98. The zero-order valence-electron chi connectivity index (χ0n) is 10.9. The van der Waals surface area contributed by atoms with E-state index in [2.05, 4.69) is 33.7 Å². The molecule has 0 aliphatic carbocycles. The number of aromatic nitrogens is 2. The quantitative estimate of drug-likeness (QED) is 0.439. The third-order valence-corrected chi connectivity index (χ3v) is 6.01. The fraction of sp³-hybridized carbons (Fsp3) is 0.286. The molecule has 0 unspecified atom stereocenters. The SMILES string of the molecule is CCCSCc1nc(Cl)c2c(-c3cccs3)csc2n1. The minimum Gasteiger partial charge on any atom is -0.221 e. The van der Waals surface area contributed by atoms with E-state index in [4.69, 9.17) is 11.6 Å². The summed E-state index contributed by atoms with van der Waals surface area (Å²) in [6, 6.07) is 4.15. The van der Waals surface area contributed by atoms with E-state index < -0.39 is 0 Å². The van der Waals surface area contributed by atoms with Crippen LogP contribution in [0.25, 0.3) is 20.7 Å². The van der Waals surface area contributed by atoms with Crippen LogP contribution in [0.15, 0.2) is 22.9 Å². The van der Waals surface area contributed by atoms with Crippen molar-refractivity contribution in [2.75, 3.05) is 5.75 Å². The van der Waals surface area contributed by atoms with Gasteiger partial charge in [-0.2, -0.15) is 11.8 Å². The number of hydrogen-bond donors (Lipinski definition) is 0. The molecule has 6 heteroatoms. The first-order valence-electron chi connectivity index (χ1n) is 6.35. The molecule has 0 aliphatic heterocycles. The molecular formula is C14H13ClN2S3. The van der Waals surface area contributed by atoms with Gasteiger partial charge in [-0.05, 0) is 23.6 Å². The molecule has 0 aliphatic rings. The number of halogens is 1. The summed E-state index contributed by atoms with van der Waals surface area (Å²) in [4.78, 5) is 11.3. The highest BCUT2D eigenvalue weighted by Gasteiger charge is 2.14. The van der Waals surface area contributed by atoms with Crippen molar-refractivity contribution in [3.05, 3.63) is 33.9 Å². The Hall–Kier alpha value is -0.620. The zero-order valence-corrected chi connectivity index (χ0v) is 14.1. The van der Waals surface area contributed by atoms with E-state index in [0.29, 0.717) is 5.15 Å². The van der Waals surface area contributed by atoms with Gasteiger partial charge in [-0.15, -0.1) is 22.7 Å². The van der Waals surface area contributed by atoms with Gasteiger partial charge in [-0.25, -0.2) is 9.97 Å². The van der Waals surface area contributed by atoms with Crippen LogP contribution in [0, 0.1) is 0 Å². The monoisotopic (exact) mass is 340 g/mol. The lowest BCUT2D eigenvalue weighted by Crippen LogP contribution is -1.94. The summed E-state index contributed by atoms with van der Waals surface area (Å²) in [7, 11) is 0.